The van der Waals surface area contributed by atoms with Crippen LogP contribution in [-0.2, 0) is 6.16 Å². The number of hydrogen-bond acceptors (Lipinski definition) is 0. The third kappa shape index (κ3) is 2.71. The van der Waals surface area contributed by atoms with Crippen molar-refractivity contribution >= 4 is 22.5 Å². The molecule has 0 aromatic heterocycles. The van der Waals surface area contributed by atoms with Gasteiger partial charge in [0.2, 0.25) is 0 Å². The molecule has 2 heteroatoms. The van der Waals surface area contributed by atoms with Crippen LogP contribution in [-0.4, -0.2) is 8.07 Å². The normalized spacial score (nSPS) is 12.9. The summed E-state index contributed by atoms with van der Waals surface area (Å²) in [6.07, 6.45) is 1.05. The lowest BCUT2D eigenvalue weighted by molar-refractivity contribution is 0.729. The first-order valence-electron chi connectivity index (χ1n) is 5.58. The van der Waals surface area contributed by atoms with Gasteiger partial charge in [-0.05, 0) is 16.8 Å². The lowest BCUT2D eigenvalue weighted by Crippen LogP contribution is -2.49. The second-order valence-electron chi connectivity index (χ2n) is 5.78. The Labute approximate surface area is 97.7 Å². The van der Waals surface area contributed by atoms with Gasteiger partial charge in [0.25, 0.3) is 0 Å². The van der Waals surface area contributed by atoms with Crippen molar-refractivity contribution in [2.45, 2.75) is 45.1 Å². The Morgan fingerprint density at radius 3 is 1.87 bits per heavy atom. The second kappa shape index (κ2) is 4.39. The molecule has 1 aromatic rings. The highest BCUT2D eigenvalue weighted by molar-refractivity contribution is 7.15. The van der Waals surface area contributed by atoms with Gasteiger partial charge in [-0.2, -0.15) is 0 Å². The molecule has 0 nitrogen and oxygen atoms in total. The summed E-state index contributed by atoms with van der Waals surface area (Å²) in [5, 5.41) is 1.99. The standard InChI is InChI=1S/C13H23PSi/c1-13(2,3)15(4,5)12-8-6-11(10-14)7-9-12/h6-9H,10,14H2,1-5H3. The van der Waals surface area contributed by atoms with E-state index in [1.54, 1.807) is 5.19 Å². The summed E-state index contributed by atoms with van der Waals surface area (Å²) in [5.41, 5.74) is 1.41. The average molecular weight is 238 g/mol. The summed E-state index contributed by atoms with van der Waals surface area (Å²) in [6, 6.07) is 9.19. The first-order chi connectivity index (χ1) is 6.79. The van der Waals surface area contributed by atoms with Gasteiger partial charge >= 0.3 is 0 Å². The molecule has 0 fully saturated rings. The Morgan fingerprint density at radius 2 is 1.53 bits per heavy atom. The number of rotatable bonds is 2. The van der Waals surface area contributed by atoms with E-state index in [9.17, 15) is 0 Å². The van der Waals surface area contributed by atoms with Crippen LogP contribution in [0.3, 0.4) is 0 Å². The van der Waals surface area contributed by atoms with Gasteiger partial charge in [-0.3, -0.25) is 0 Å². The molecule has 1 atom stereocenters. The van der Waals surface area contributed by atoms with Gasteiger partial charge in [0.1, 0.15) is 0 Å². The van der Waals surface area contributed by atoms with E-state index in [1.165, 1.54) is 5.56 Å². The van der Waals surface area contributed by atoms with E-state index in [4.69, 9.17) is 0 Å². The topological polar surface area (TPSA) is 0 Å². The molecule has 0 aliphatic heterocycles. The van der Waals surface area contributed by atoms with Crippen molar-refractivity contribution in [3.63, 3.8) is 0 Å². The second-order valence-corrected chi connectivity index (χ2v) is 11.5. The fourth-order valence-corrected chi connectivity index (χ4v) is 3.63. The van der Waals surface area contributed by atoms with Crippen LogP contribution in [0.2, 0.25) is 18.1 Å². The smallest absolute Gasteiger partial charge is 0.0859 e. The van der Waals surface area contributed by atoms with Gasteiger partial charge in [-0.1, -0.05) is 63.3 Å². The lowest BCUT2D eigenvalue weighted by Gasteiger charge is -2.37. The van der Waals surface area contributed by atoms with Crippen LogP contribution >= 0.6 is 9.24 Å². The molecule has 0 spiro atoms. The maximum absolute atomic E-state index is 2.78. The van der Waals surface area contributed by atoms with Crippen LogP contribution in [0.15, 0.2) is 24.3 Å². The molecule has 0 saturated heterocycles. The first kappa shape index (κ1) is 12.9. The molecule has 1 aromatic carbocycles. The number of hydrogen-bond donors (Lipinski definition) is 0. The average Bonchev–Trinajstić information content (AvgIpc) is 2.16. The Hall–Kier alpha value is -0.133. The molecule has 15 heavy (non-hydrogen) atoms. The largest absolute Gasteiger partial charge is 0.133 e. The SMILES string of the molecule is CC(C)(C)[Si](C)(C)c1ccc(CP)cc1. The highest BCUT2D eigenvalue weighted by Crippen LogP contribution is 2.35. The van der Waals surface area contributed by atoms with Crippen molar-refractivity contribution in [1.29, 1.82) is 0 Å². The molecule has 0 amide bonds. The minimum Gasteiger partial charge on any atom is -0.133 e. The zero-order valence-corrected chi connectivity index (χ0v) is 12.7. The molecular weight excluding hydrogens is 215 g/mol. The molecule has 0 aliphatic carbocycles. The lowest BCUT2D eigenvalue weighted by atomic mass is 10.2. The highest BCUT2D eigenvalue weighted by atomic mass is 31.0. The minimum absolute atomic E-state index is 0.426. The third-order valence-electron chi connectivity index (χ3n) is 3.79. The van der Waals surface area contributed by atoms with Crippen molar-refractivity contribution in [2.24, 2.45) is 0 Å². The predicted octanol–water partition coefficient (Wildman–Crippen LogP) is 3.78. The van der Waals surface area contributed by atoms with E-state index in [-0.39, 0.29) is 0 Å². The van der Waals surface area contributed by atoms with Crippen LogP contribution in [0.5, 0.6) is 0 Å². The molecule has 0 radical (unpaired) electrons. The minimum atomic E-state index is -1.32. The molecule has 1 unspecified atom stereocenters. The van der Waals surface area contributed by atoms with Gasteiger partial charge in [-0.15, -0.1) is 9.24 Å². The van der Waals surface area contributed by atoms with E-state index in [0.29, 0.717) is 5.04 Å². The van der Waals surface area contributed by atoms with E-state index in [0.717, 1.165) is 6.16 Å². The van der Waals surface area contributed by atoms with E-state index >= 15 is 0 Å². The summed E-state index contributed by atoms with van der Waals surface area (Å²) in [4.78, 5) is 0. The van der Waals surface area contributed by atoms with Crippen LogP contribution in [0.1, 0.15) is 26.3 Å². The van der Waals surface area contributed by atoms with Gasteiger partial charge < -0.3 is 0 Å². The summed E-state index contributed by atoms with van der Waals surface area (Å²) in [5.74, 6) is 0. The van der Waals surface area contributed by atoms with Crippen molar-refractivity contribution < 1.29 is 0 Å². The molecule has 84 valence electrons. The van der Waals surface area contributed by atoms with Crippen molar-refractivity contribution in [1.82, 2.24) is 0 Å². The van der Waals surface area contributed by atoms with Crippen LogP contribution in [0.4, 0.5) is 0 Å². The highest BCUT2D eigenvalue weighted by Gasteiger charge is 2.36. The molecular formula is C13H23PSi. The third-order valence-corrected chi connectivity index (χ3v) is 9.78. The fraction of sp³-hybridized carbons (Fsp3) is 0.538. The maximum atomic E-state index is 2.78. The zero-order chi connectivity index (χ0) is 11.7. The van der Waals surface area contributed by atoms with Crippen molar-refractivity contribution in [2.75, 3.05) is 0 Å². The Morgan fingerprint density at radius 1 is 1.07 bits per heavy atom. The fourth-order valence-electron chi connectivity index (χ4n) is 1.49. The molecule has 0 heterocycles. The van der Waals surface area contributed by atoms with E-state index < -0.39 is 8.07 Å². The van der Waals surface area contributed by atoms with Gasteiger partial charge in [-0.25, -0.2) is 0 Å². The summed E-state index contributed by atoms with van der Waals surface area (Å²) >= 11 is 0. The Bertz CT molecular complexity index is 319. The van der Waals surface area contributed by atoms with Gasteiger partial charge in [0.15, 0.2) is 0 Å². The Kier molecular flexibility index (Phi) is 3.79. The van der Waals surface area contributed by atoms with Crippen molar-refractivity contribution in [3.8, 4) is 0 Å². The summed E-state index contributed by atoms with van der Waals surface area (Å²) in [6.45, 7) is 12.0. The van der Waals surface area contributed by atoms with Gasteiger partial charge in [0, 0.05) is 0 Å². The van der Waals surface area contributed by atoms with Crippen molar-refractivity contribution in [3.05, 3.63) is 29.8 Å². The van der Waals surface area contributed by atoms with Crippen LogP contribution in [0, 0.1) is 0 Å². The van der Waals surface area contributed by atoms with E-state index in [1.807, 2.05) is 0 Å². The number of benzene rings is 1. The summed E-state index contributed by atoms with van der Waals surface area (Å²) in [7, 11) is 1.45. The quantitative estimate of drug-likeness (QED) is 0.543. The molecule has 1 rings (SSSR count). The zero-order valence-electron chi connectivity index (χ0n) is 10.6. The maximum Gasteiger partial charge on any atom is 0.0859 e. The van der Waals surface area contributed by atoms with E-state index in [2.05, 4.69) is 67.4 Å². The molecule has 0 saturated carbocycles. The molecule has 0 aliphatic rings. The first-order valence-corrected chi connectivity index (χ1v) is 9.40. The van der Waals surface area contributed by atoms with Crippen LogP contribution < -0.4 is 5.19 Å². The van der Waals surface area contributed by atoms with Crippen LogP contribution in [0.25, 0.3) is 0 Å². The van der Waals surface area contributed by atoms with Gasteiger partial charge in [0.05, 0.1) is 8.07 Å². The predicted molar refractivity (Wildman–Crippen MR) is 76.7 cm³/mol. The monoisotopic (exact) mass is 238 g/mol. The molecule has 0 N–H and O–H groups in total. The summed E-state index contributed by atoms with van der Waals surface area (Å²) < 4.78 is 0. The Balaban J connectivity index is 3.06. The molecule has 0 bridgehead atoms.